The molecule has 1 atom stereocenters. The molecule has 1 unspecified atom stereocenters. The van der Waals surface area contributed by atoms with Crippen molar-refractivity contribution in [2.24, 2.45) is 11.1 Å². The van der Waals surface area contributed by atoms with E-state index in [1.807, 2.05) is 13.8 Å². The summed E-state index contributed by atoms with van der Waals surface area (Å²) in [6.07, 6.45) is 0.734. The van der Waals surface area contributed by atoms with E-state index >= 15 is 0 Å². The molecule has 0 radical (unpaired) electrons. The van der Waals surface area contributed by atoms with Crippen molar-refractivity contribution in [2.75, 3.05) is 5.32 Å². The van der Waals surface area contributed by atoms with Gasteiger partial charge in [0, 0.05) is 10.4 Å². The number of benzene rings is 1. The number of hydrogen-bond acceptors (Lipinski definition) is 3. The molecule has 0 aliphatic carbocycles. The Morgan fingerprint density at radius 3 is 2.53 bits per heavy atom. The standard InChI is InChI=1S/C12H17BrN2O3S/c1-4-7(2)12(16)15-10-5-8(3)11(6-9(10)13)19(14,17)18/h5-7H,4H2,1-3H3,(H,15,16)(H2,14,17,18). The van der Waals surface area contributed by atoms with Gasteiger partial charge in [0.25, 0.3) is 0 Å². The molecule has 0 bridgehead atoms. The molecular weight excluding hydrogens is 332 g/mol. The largest absolute Gasteiger partial charge is 0.325 e. The molecule has 0 saturated heterocycles. The molecule has 1 aromatic rings. The Hall–Kier alpha value is -0.920. The molecule has 1 rings (SSSR count). The minimum absolute atomic E-state index is 0.0425. The van der Waals surface area contributed by atoms with Crippen molar-refractivity contribution in [2.45, 2.75) is 32.1 Å². The van der Waals surface area contributed by atoms with Gasteiger partial charge in [0.05, 0.1) is 10.6 Å². The van der Waals surface area contributed by atoms with Crippen molar-refractivity contribution in [3.63, 3.8) is 0 Å². The minimum Gasteiger partial charge on any atom is -0.325 e. The molecule has 7 heteroatoms. The molecule has 0 heterocycles. The van der Waals surface area contributed by atoms with Crippen LogP contribution in [0.1, 0.15) is 25.8 Å². The molecule has 1 aromatic carbocycles. The second-order valence-corrected chi connectivity index (χ2v) is 6.83. The molecule has 0 aromatic heterocycles. The lowest BCUT2D eigenvalue weighted by atomic mass is 10.1. The van der Waals surface area contributed by atoms with Crippen LogP contribution in [0.25, 0.3) is 0 Å². The maximum absolute atomic E-state index is 11.8. The normalized spacial score (nSPS) is 13.1. The SMILES string of the molecule is CCC(C)C(=O)Nc1cc(C)c(S(N)(=O)=O)cc1Br. The van der Waals surface area contributed by atoms with E-state index in [1.54, 1.807) is 13.0 Å². The predicted molar refractivity (Wildman–Crippen MR) is 78.3 cm³/mol. The number of primary sulfonamides is 1. The van der Waals surface area contributed by atoms with Gasteiger partial charge in [0.1, 0.15) is 0 Å². The molecule has 106 valence electrons. The summed E-state index contributed by atoms with van der Waals surface area (Å²) in [5, 5.41) is 7.87. The molecule has 0 aliphatic heterocycles. The second kappa shape index (κ2) is 6.02. The zero-order valence-corrected chi connectivity index (χ0v) is 13.4. The minimum atomic E-state index is -3.76. The van der Waals surface area contributed by atoms with Gasteiger partial charge in [-0.1, -0.05) is 13.8 Å². The molecule has 0 fully saturated rings. The first-order valence-electron chi connectivity index (χ1n) is 5.80. The number of hydrogen-bond donors (Lipinski definition) is 2. The average Bonchev–Trinajstić information content (AvgIpc) is 2.30. The maximum Gasteiger partial charge on any atom is 0.238 e. The van der Waals surface area contributed by atoms with Gasteiger partial charge in [-0.3, -0.25) is 4.79 Å². The number of nitrogens with one attached hydrogen (secondary N) is 1. The van der Waals surface area contributed by atoms with Crippen LogP contribution in [0.5, 0.6) is 0 Å². The number of aryl methyl sites for hydroxylation is 1. The molecule has 3 N–H and O–H groups in total. The summed E-state index contributed by atoms with van der Waals surface area (Å²) in [5.41, 5.74) is 1.03. The average molecular weight is 349 g/mol. The first kappa shape index (κ1) is 16.1. The summed E-state index contributed by atoms with van der Waals surface area (Å²) < 4.78 is 23.2. The summed E-state index contributed by atoms with van der Waals surface area (Å²) in [5.74, 6) is -0.212. The zero-order valence-electron chi connectivity index (χ0n) is 11.0. The van der Waals surface area contributed by atoms with Crippen LogP contribution < -0.4 is 10.5 Å². The second-order valence-electron chi connectivity index (χ2n) is 4.44. The summed E-state index contributed by atoms with van der Waals surface area (Å²) in [4.78, 5) is 11.9. The van der Waals surface area contributed by atoms with Gasteiger partial charge in [-0.2, -0.15) is 0 Å². The van der Waals surface area contributed by atoms with Crippen LogP contribution in [-0.2, 0) is 14.8 Å². The highest BCUT2D eigenvalue weighted by Gasteiger charge is 2.17. The zero-order chi connectivity index (χ0) is 14.8. The number of halogens is 1. The Balaban J connectivity index is 3.14. The molecule has 0 spiro atoms. The van der Waals surface area contributed by atoms with E-state index in [2.05, 4.69) is 21.2 Å². The Labute approximate surface area is 121 Å². The van der Waals surface area contributed by atoms with E-state index in [0.29, 0.717) is 15.7 Å². The van der Waals surface area contributed by atoms with Crippen LogP contribution in [-0.4, -0.2) is 14.3 Å². The third kappa shape index (κ3) is 4.02. The van der Waals surface area contributed by atoms with Crippen molar-refractivity contribution in [3.8, 4) is 0 Å². The van der Waals surface area contributed by atoms with Gasteiger partial charge in [-0.15, -0.1) is 0 Å². The monoisotopic (exact) mass is 348 g/mol. The number of carbonyl (C=O) groups excluding carboxylic acids is 1. The van der Waals surface area contributed by atoms with E-state index < -0.39 is 10.0 Å². The van der Waals surface area contributed by atoms with Crippen molar-refractivity contribution >= 4 is 37.5 Å². The van der Waals surface area contributed by atoms with Gasteiger partial charge < -0.3 is 5.32 Å². The summed E-state index contributed by atoms with van der Waals surface area (Å²) >= 11 is 3.24. The molecule has 1 amide bonds. The van der Waals surface area contributed by atoms with E-state index in [1.165, 1.54) is 6.07 Å². The number of sulfonamides is 1. The lowest BCUT2D eigenvalue weighted by molar-refractivity contribution is -0.119. The van der Waals surface area contributed by atoms with E-state index in [0.717, 1.165) is 6.42 Å². The summed E-state index contributed by atoms with van der Waals surface area (Å²) in [6, 6.07) is 2.99. The van der Waals surface area contributed by atoms with Gasteiger partial charge >= 0.3 is 0 Å². The van der Waals surface area contributed by atoms with Crippen molar-refractivity contribution in [1.82, 2.24) is 0 Å². The lowest BCUT2D eigenvalue weighted by Crippen LogP contribution is -2.20. The first-order valence-corrected chi connectivity index (χ1v) is 8.14. The van der Waals surface area contributed by atoms with Gasteiger partial charge in [0.2, 0.25) is 15.9 Å². The van der Waals surface area contributed by atoms with Crippen LogP contribution in [0.3, 0.4) is 0 Å². The Kier molecular flexibility index (Phi) is 5.11. The highest BCUT2D eigenvalue weighted by atomic mass is 79.9. The van der Waals surface area contributed by atoms with Gasteiger partial charge in [-0.25, -0.2) is 13.6 Å². The van der Waals surface area contributed by atoms with E-state index in [-0.39, 0.29) is 16.7 Å². The topological polar surface area (TPSA) is 89.3 Å². The summed E-state index contributed by atoms with van der Waals surface area (Å²) in [7, 11) is -3.76. The molecule has 0 saturated carbocycles. The Morgan fingerprint density at radius 2 is 2.05 bits per heavy atom. The van der Waals surface area contributed by atoms with Crippen LogP contribution in [0.15, 0.2) is 21.5 Å². The van der Waals surface area contributed by atoms with Crippen molar-refractivity contribution in [1.29, 1.82) is 0 Å². The number of anilines is 1. The molecule has 5 nitrogen and oxygen atoms in total. The van der Waals surface area contributed by atoms with E-state index in [4.69, 9.17) is 5.14 Å². The number of nitrogens with two attached hydrogens (primary N) is 1. The third-order valence-corrected chi connectivity index (χ3v) is 4.60. The fraction of sp³-hybridized carbons (Fsp3) is 0.417. The number of amides is 1. The number of carbonyl (C=O) groups is 1. The fourth-order valence-corrected chi connectivity index (χ4v) is 2.89. The fourth-order valence-electron chi connectivity index (χ4n) is 1.51. The predicted octanol–water partition coefficient (Wildman–Crippen LogP) is 2.39. The quantitative estimate of drug-likeness (QED) is 0.875. The van der Waals surface area contributed by atoms with Crippen molar-refractivity contribution in [3.05, 3.63) is 22.2 Å². The highest BCUT2D eigenvalue weighted by molar-refractivity contribution is 9.10. The van der Waals surface area contributed by atoms with E-state index in [9.17, 15) is 13.2 Å². The number of rotatable bonds is 4. The lowest BCUT2D eigenvalue weighted by Gasteiger charge is -2.13. The van der Waals surface area contributed by atoms with Crippen LogP contribution in [0, 0.1) is 12.8 Å². The maximum atomic E-state index is 11.8. The third-order valence-electron chi connectivity index (χ3n) is 2.89. The molecule has 0 aliphatic rings. The van der Waals surface area contributed by atoms with Crippen LogP contribution in [0.2, 0.25) is 0 Å². The Morgan fingerprint density at radius 1 is 1.47 bits per heavy atom. The molecular formula is C12H17BrN2O3S. The first-order chi connectivity index (χ1) is 8.66. The van der Waals surface area contributed by atoms with Crippen LogP contribution >= 0.6 is 15.9 Å². The van der Waals surface area contributed by atoms with Crippen molar-refractivity contribution < 1.29 is 13.2 Å². The summed E-state index contributed by atoms with van der Waals surface area (Å²) in [6.45, 7) is 5.38. The Bertz CT molecular complexity index is 599. The van der Waals surface area contributed by atoms with Gasteiger partial charge in [-0.05, 0) is 47.0 Å². The molecule has 19 heavy (non-hydrogen) atoms. The highest BCUT2D eigenvalue weighted by Crippen LogP contribution is 2.28. The van der Waals surface area contributed by atoms with Gasteiger partial charge in [0.15, 0.2) is 0 Å². The smallest absolute Gasteiger partial charge is 0.238 e. The van der Waals surface area contributed by atoms with Crippen LogP contribution in [0.4, 0.5) is 5.69 Å².